The first kappa shape index (κ1) is 15.6. The highest BCUT2D eigenvalue weighted by atomic mass is 32.2. The Morgan fingerprint density at radius 2 is 2.32 bits per heavy atom. The van der Waals surface area contributed by atoms with Crippen molar-refractivity contribution < 1.29 is 9.53 Å². The minimum absolute atomic E-state index is 0.286. The number of carbonyl (C=O) groups excluding carboxylic acids is 1. The standard InChI is InChI=1S/C13H21N3O2S/c1-4-9(8-19-3)16-11-7-15-12(14)6-10(11)13(17)18-5-2/h6-7,9,16H,4-5,8H2,1-3H3,(H2,14,15). The molecule has 0 saturated carbocycles. The Morgan fingerprint density at radius 3 is 2.89 bits per heavy atom. The monoisotopic (exact) mass is 283 g/mol. The summed E-state index contributed by atoms with van der Waals surface area (Å²) in [6, 6.07) is 1.83. The van der Waals surface area contributed by atoms with Crippen LogP contribution in [0.2, 0.25) is 0 Å². The molecule has 19 heavy (non-hydrogen) atoms. The first-order valence-corrected chi connectivity index (χ1v) is 7.69. The number of carbonyl (C=O) groups is 1. The summed E-state index contributed by atoms with van der Waals surface area (Å²) in [5, 5.41) is 3.33. The van der Waals surface area contributed by atoms with Gasteiger partial charge >= 0.3 is 5.97 Å². The van der Waals surface area contributed by atoms with E-state index in [9.17, 15) is 4.79 Å². The quantitative estimate of drug-likeness (QED) is 0.748. The molecule has 6 heteroatoms. The number of nitrogen functional groups attached to an aromatic ring is 1. The van der Waals surface area contributed by atoms with Gasteiger partial charge in [-0.25, -0.2) is 9.78 Å². The molecule has 1 atom stereocenters. The average Bonchev–Trinajstić information content (AvgIpc) is 2.40. The molecule has 5 nitrogen and oxygen atoms in total. The molecule has 0 bridgehead atoms. The molecule has 0 fully saturated rings. The van der Waals surface area contributed by atoms with E-state index in [4.69, 9.17) is 10.5 Å². The molecular weight excluding hydrogens is 262 g/mol. The number of nitrogens with one attached hydrogen (secondary N) is 1. The van der Waals surface area contributed by atoms with E-state index in [0.717, 1.165) is 12.2 Å². The van der Waals surface area contributed by atoms with Gasteiger partial charge in [0.05, 0.1) is 24.1 Å². The summed E-state index contributed by atoms with van der Waals surface area (Å²) in [4.78, 5) is 15.9. The number of anilines is 2. The first-order chi connectivity index (χ1) is 9.12. The van der Waals surface area contributed by atoms with E-state index >= 15 is 0 Å². The fraction of sp³-hybridized carbons (Fsp3) is 0.538. The van der Waals surface area contributed by atoms with E-state index < -0.39 is 0 Å². The number of thioether (sulfide) groups is 1. The van der Waals surface area contributed by atoms with Gasteiger partial charge in [-0.15, -0.1) is 0 Å². The molecule has 1 aromatic heterocycles. The molecule has 1 aromatic rings. The zero-order chi connectivity index (χ0) is 14.3. The van der Waals surface area contributed by atoms with Crippen LogP contribution in [0.5, 0.6) is 0 Å². The van der Waals surface area contributed by atoms with Crippen LogP contribution in [0, 0.1) is 0 Å². The van der Waals surface area contributed by atoms with E-state index in [0.29, 0.717) is 23.7 Å². The molecule has 0 aliphatic carbocycles. The molecule has 0 aromatic carbocycles. The lowest BCUT2D eigenvalue weighted by Gasteiger charge is -2.19. The minimum atomic E-state index is -0.377. The van der Waals surface area contributed by atoms with Crippen molar-refractivity contribution in [1.82, 2.24) is 4.98 Å². The average molecular weight is 283 g/mol. The second-order valence-corrected chi connectivity index (χ2v) is 4.99. The van der Waals surface area contributed by atoms with Crippen molar-refractivity contribution in [2.75, 3.05) is 29.7 Å². The number of pyridine rings is 1. The van der Waals surface area contributed by atoms with Crippen molar-refractivity contribution in [3.05, 3.63) is 17.8 Å². The molecule has 0 aliphatic heterocycles. The molecular formula is C13H21N3O2S. The van der Waals surface area contributed by atoms with Crippen molar-refractivity contribution in [3.8, 4) is 0 Å². The molecule has 0 spiro atoms. The van der Waals surface area contributed by atoms with Gasteiger partial charge in [-0.3, -0.25) is 0 Å². The first-order valence-electron chi connectivity index (χ1n) is 6.30. The molecule has 3 N–H and O–H groups in total. The Labute approximate surface area is 118 Å². The normalized spacial score (nSPS) is 11.9. The fourth-order valence-electron chi connectivity index (χ4n) is 1.65. The highest BCUT2D eigenvalue weighted by molar-refractivity contribution is 7.98. The summed E-state index contributed by atoms with van der Waals surface area (Å²) in [5.41, 5.74) is 6.75. The van der Waals surface area contributed by atoms with Gasteiger partial charge in [0.2, 0.25) is 0 Å². The Balaban J connectivity index is 2.95. The van der Waals surface area contributed by atoms with Crippen molar-refractivity contribution in [2.24, 2.45) is 0 Å². The Hall–Kier alpha value is -1.43. The highest BCUT2D eigenvalue weighted by Crippen LogP contribution is 2.20. The van der Waals surface area contributed by atoms with Crippen molar-refractivity contribution in [3.63, 3.8) is 0 Å². The van der Waals surface area contributed by atoms with Crippen LogP contribution in [0.1, 0.15) is 30.6 Å². The number of hydrogen-bond acceptors (Lipinski definition) is 6. The third-order valence-corrected chi connectivity index (χ3v) is 3.38. The lowest BCUT2D eigenvalue weighted by molar-refractivity contribution is 0.0527. The van der Waals surface area contributed by atoms with E-state index in [1.54, 1.807) is 30.9 Å². The third-order valence-electron chi connectivity index (χ3n) is 2.64. The van der Waals surface area contributed by atoms with Gasteiger partial charge in [0.25, 0.3) is 0 Å². The van der Waals surface area contributed by atoms with Crippen LogP contribution in [0.15, 0.2) is 12.3 Å². The van der Waals surface area contributed by atoms with E-state index in [1.807, 2.05) is 0 Å². The number of esters is 1. The summed E-state index contributed by atoms with van der Waals surface area (Å²) in [7, 11) is 0. The van der Waals surface area contributed by atoms with Crippen LogP contribution < -0.4 is 11.1 Å². The van der Waals surface area contributed by atoms with Crippen molar-refractivity contribution in [2.45, 2.75) is 26.3 Å². The number of hydrogen-bond donors (Lipinski definition) is 2. The maximum absolute atomic E-state index is 11.9. The summed E-state index contributed by atoms with van der Waals surface area (Å²) < 4.78 is 5.03. The smallest absolute Gasteiger partial charge is 0.340 e. The van der Waals surface area contributed by atoms with Gasteiger partial charge in [-0.1, -0.05) is 6.92 Å². The van der Waals surface area contributed by atoms with Crippen molar-refractivity contribution >= 4 is 29.2 Å². The lowest BCUT2D eigenvalue weighted by Crippen LogP contribution is -2.23. The van der Waals surface area contributed by atoms with Crippen LogP contribution in [0.25, 0.3) is 0 Å². The van der Waals surface area contributed by atoms with Gasteiger partial charge in [0.1, 0.15) is 5.82 Å². The predicted octanol–water partition coefficient (Wildman–Crippen LogP) is 2.39. The summed E-state index contributed by atoms with van der Waals surface area (Å²) in [6.45, 7) is 4.21. The number of aromatic nitrogens is 1. The summed E-state index contributed by atoms with van der Waals surface area (Å²) >= 11 is 1.76. The van der Waals surface area contributed by atoms with Crippen LogP contribution >= 0.6 is 11.8 Å². The molecule has 0 radical (unpaired) electrons. The third kappa shape index (κ3) is 4.63. The van der Waals surface area contributed by atoms with Gasteiger partial charge in [0.15, 0.2) is 0 Å². The molecule has 1 unspecified atom stereocenters. The Morgan fingerprint density at radius 1 is 1.58 bits per heavy atom. The zero-order valence-corrected chi connectivity index (χ0v) is 12.4. The maximum atomic E-state index is 11.9. The number of rotatable bonds is 7. The minimum Gasteiger partial charge on any atom is -0.462 e. The molecule has 0 saturated heterocycles. The van der Waals surface area contributed by atoms with Crippen LogP contribution in [0.4, 0.5) is 11.5 Å². The SMILES string of the molecule is CCOC(=O)c1cc(N)ncc1NC(CC)CSC. The van der Waals surface area contributed by atoms with Crippen LogP contribution in [0.3, 0.4) is 0 Å². The summed E-state index contributed by atoms with van der Waals surface area (Å²) in [5.74, 6) is 0.896. The number of nitrogens with zero attached hydrogens (tertiary/aromatic N) is 1. The van der Waals surface area contributed by atoms with E-state index in [1.165, 1.54) is 0 Å². The molecule has 0 amide bonds. The van der Waals surface area contributed by atoms with E-state index in [-0.39, 0.29) is 12.0 Å². The largest absolute Gasteiger partial charge is 0.462 e. The lowest BCUT2D eigenvalue weighted by atomic mass is 10.2. The maximum Gasteiger partial charge on any atom is 0.340 e. The van der Waals surface area contributed by atoms with Gasteiger partial charge in [-0.2, -0.15) is 11.8 Å². The Kier molecular flexibility index (Phi) is 6.49. The summed E-state index contributed by atoms with van der Waals surface area (Å²) in [6.07, 6.45) is 4.61. The van der Waals surface area contributed by atoms with Crippen LogP contribution in [-0.2, 0) is 4.74 Å². The topological polar surface area (TPSA) is 77.2 Å². The van der Waals surface area contributed by atoms with Crippen molar-refractivity contribution in [1.29, 1.82) is 0 Å². The number of ether oxygens (including phenoxy) is 1. The van der Waals surface area contributed by atoms with Crippen LogP contribution in [-0.4, -0.2) is 35.6 Å². The highest BCUT2D eigenvalue weighted by Gasteiger charge is 2.16. The molecule has 1 rings (SSSR count). The second kappa shape index (κ2) is 7.89. The predicted molar refractivity (Wildman–Crippen MR) is 80.7 cm³/mol. The zero-order valence-electron chi connectivity index (χ0n) is 11.6. The Bertz CT molecular complexity index is 426. The van der Waals surface area contributed by atoms with Gasteiger partial charge < -0.3 is 15.8 Å². The fourth-order valence-corrected chi connectivity index (χ4v) is 2.37. The molecule has 106 valence electrons. The van der Waals surface area contributed by atoms with Gasteiger partial charge in [0, 0.05) is 11.8 Å². The molecule has 1 heterocycles. The van der Waals surface area contributed by atoms with E-state index in [2.05, 4.69) is 23.5 Å². The molecule has 0 aliphatic rings. The second-order valence-electron chi connectivity index (χ2n) is 4.08. The number of nitrogens with two attached hydrogens (primary N) is 1. The van der Waals surface area contributed by atoms with Gasteiger partial charge in [-0.05, 0) is 25.7 Å².